The van der Waals surface area contributed by atoms with Gasteiger partial charge in [0, 0.05) is 19.3 Å². The van der Waals surface area contributed by atoms with Crippen LogP contribution in [0.3, 0.4) is 0 Å². The molecule has 1 saturated heterocycles. The van der Waals surface area contributed by atoms with Gasteiger partial charge in [-0.2, -0.15) is 0 Å². The van der Waals surface area contributed by atoms with Crippen molar-refractivity contribution >= 4 is 5.91 Å². The number of para-hydroxylation sites is 1. The van der Waals surface area contributed by atoms with Gasteiger partial charge in [0.25, 0.3) is 0 Å². The normalized spacial score (nSPS) is 16.9. The average molecular weight is 354 g/mol. The predicted octanol–water partition coefficient (Wildman–Crippen LogP) is 2.67. The maximum atomic E-state index is 12.7. The summed E-state index contributed by atoms with van der Waals surface area (Å²) < 4.78 is 5.66. The zero-order chi connectivity index (χ0) is 18.4. The van der Waals surface area contributed by atoms with Gasteiger partial charge in [-0.1, -0.05) is 18.2 Å². The number of ether oxygens (including phenoxy) is 1. The molecule has 1 aromatic carbocycles. The summed E-state index contributed by atoms with van der Waals surface area (Å²) in [6.07, 6.45) is 4.05. The maximum Gasteiger partial charge on any atom is 0.226 e. The average Bonchev–Trinajstić information content (AvgIpc) is 3.12. The van der Waals surface area contributed by atoms with Gasteiger partial charge in [-0.05, 0) is 45.1 Å². The second-order valence-electron chi connectivity index (χ2n) is 6.80. The number of carbonyl (C=O) groups is 1. The molecule has 0 bridgehead atoms. The highest BCUT2D eigenvalue weighted by atomic mass is 16.5. The highest BCUT2D eigenvalue weighted by Crippen LogP contribution is 2.30. The van der Waals surface area contributed by atoms with E-state index in [1.807, 2.05) is 55.4 Å². The number of carbonyl (C=O) groups excluding carboxylic acids is 1. The van der Waals surface area contributed by atoms with Crippen LogP contribution in [0, 0.1) is 0 Å². The number of hydrogen-bond donors (Lipinski definition) is 0. The Hall–Kier alpha value is -2.47. The lowest BCUT2D eigenvalue weighted by atomic mass is 10.2. The third-order valence-corrected chi connectivity index (χ3v) is 4.41. The molecule has 6 nitrogen and oxygen atoms in total. The zero-order valence-corrected chi connectivity index (χ0v) is 15.5. The molecule has 6 heteroatoms. The van der Waals surface area contributed by atoms with E-state index < -0.39 is 0 Å². The van der Waals surface area contributed by atoms with Crippen LogP contribution in [-0.2, 0) is 11.3 Å². The topological polar surface area (TPSA) is 58.6 Å². The molecular formula is C20H26N4O2. The summed E-state index contributed by atoms with van der Waals surface area (Å²) in [6.45, 7) is 1.91. The van der Waals surface area contributed by atoms with Crippen LogP contribution in [0.2, 0.25) is 0 Å². The van der Waals surface area contributed by atoms with Crippen molar-refractivity contribution in [2.75, 3.05) is 27.2 Å². The van der Waals surface area contributed by atoms with E-state index in [0.29, 0.717) is 13.0 Å². The molecule has 1 fully saturated rings. The number of hydrogen-bond acceptors (Lipinski definition) is 5. The third-order valence-electron chi connectivity index (χ3n) is 4.41. The minimum Gasteiger partial charge on any atom is -0.493 e. The van der Waals surface area contributed by atoms with Gasteiger partial charge in [-0.15, -0.1) is 0 Å². The van der Waals surface area contributed by atoms with Crippen LogP contribution < -0.4 is 4.74 Å². The van der Waals surface area contributed by atoms with Gasteiger partial charge in [-0.3, -0.25) is 4.79 Å². The molecule has 1 aliphatic heterocycles. The van der Waals surface area contributed by atoms with Crippen molar-refractivity contribution in [1.29, 1.82) is 0 Å². The van der Waals surface area contributed by atoms with Crippen molar-refractivity contribution in [3.63, 3.8) is 0 Å². The summed E-state index contributed by atoms with van der Waals surface area (Å²) in [5.74, 6) is 1.64. The molecule has 0 saturated carbocycles. The molecule has 0 unspecified atom stereocenters. The highest BCUT2D eigenvalue weighted by molar-refractivity contribution is 5.77. The van der Waals surface area contributed by atoms with Crippen LogP contribution in [0.5, 0.6) is 5.75 Å². The molecule has 3 rings (SSSR count). The number of nitrogens with zero attached hydrogens (tertiary/aromatic N) is 4. The van der Waals surface area contributed by atoms with E-state index in [4.69, 9.17) is 4.74 Å². The van der Waals surface area contributed by atoms with Crippen LogP contribution in [0.15, 0.2) is 42.6 Å². The second-order valence-corrected chi connectivity index (χ2v) is 6.80. The van der Waals surface area contributed by atoms with Gasteiger partial charge < -0.3 is 14.5 Å². The van der Waals surface area contributed by atoms with Gasteiger partial charge in [0.05, 0.1) is 24.8 Å². The minimum atomic E-state index is -0.0265. The Morgan fingerprint density at radius 1 is 1.27 bits per heavy atom. The number of benzene rings is 1. The summed E-state index contributed by atoms with van der Waals surface area (Å²) in [4.78, 5) is 25.8. The Balaban J connectivity index is 1.59. The Morgan fingerprint density at radius 3 is 2.85 bits per heavy atom. The van der Waals surface area contributed by atoms with Crippen molar-refractivity contribution in [3.8, 4) is 5.75 Å². The fraction of sp³-hybridized carbons (Fsp3) is 0.450. The zero-order valence-electron chi connectivity index (χ0n) is 15.5. The first kappa shape index (κ1) is 18.3. The van der Waals surface area contributed by atoms with Crippen LogP contribution in [0.1, 0.15) is 36.8 Å². The Labute approximate surface area is 154 Å². The molecule has 1 amide bonds. The van der Waals surface area contributed by atoms with Gasteiger partial charge in [0.15, 0.2) is 5.82 Å². The first-order chi connectivity index (χ1) is 12.6. The SMILES string of the molecule is CN(C)Cc1ccnc([C@@H]2CCCN2C(=O)CCOc2ccccc2)n1. The largest absolute Gasteiger partial charge is 0.493 e. The van der Waals surface area contributed by atoms with E-state index in [-0.39, 0.29) is 11.9 Å². The van der Waals surface area contributed by atoms with E-state index >= 15 is 0 Å². The summed E-state index contributed by atoms with van der Waals surface area (Å²) in [5, 5.41) is 0. The Morgan fingerprint density at radius 2 is 2.08 bits per heavy atom. The summed E-state index contributed by atoms with van der Waals surface area (Å²) >= 11 is 0. The lowest BCUT2D eigenvalue weighted by molar-refractivity contribution is -0.132. The maximum absolute atomic E-state index is 12.7. The molecule has 138 valence electrons. The molecule has 0 radical (unpaired) electrons. The molecule has 26 heavy (non-hydrogen) atoms. The monoisotopic (exact) mass is 354 g/mol. The van der Waals surface area contributed by atoms with Crippen molar-refractivity contribution in [2.24, 2.45) is 0 Å². The van der Waals surface area contributed by atoms with Crippen molar-refractivity contribution in [3.05, 3.63) is 54.1 Å². The van der Waals surface area contributed by atoms with Crippen LogP contribution in [0.25, 0.3) is 0 Å². The predicted molar refractivity (Wildman–Crippen MR) is 99.7 cm³/mol. The number of rotatable bonds is 7. The van der Waals surface area contributed by atoms with Crippen molar-refractivity contribution < 1.29 is 9.53 Å². The lowest BCUT2D eigenvalue weighted by Crippen LogP contribution is -2.32. The summed E-state index contributed by atoms with van der Waals surface area (Å²) in [6, 6.07) is 11.5. The number of aromatic nitrogens is 2. The highest BCUT2D eigenvalue weighted by Gasteiger charge is 2.31. The van der Waals surface area contributed by atoms with Crippen LogP contribution in [0.4, 0.5) is 0 Å². The van der Waals surface area contributed by atoms with E-state index in [0.717, 1.165) is 43.2 Å². The first-order valence-corrected chi connectivity index (χ1v) is 9.07. The number of amides is 1. The minimum absolute atomic E-state index is 0.0265. The summed E-state index contributed by atoms with van der Waals surface area (Å²) in [7, 11) is 4.03. The van der Waals surface area contributed by atoms with Crippen LogP contribution in [-0.4, -0.2) is 52.9 Å². The third kappa shape index (κ3) is 4.79. The lowest BCUT2D eigenvalue weighted by Gasteiger charge is -2.24. The van der Waals surface area contributed by atoms with Gasteiger partial charge in [-0.25, -0.2) is 9.97 Å². The van der Waals surface area contributed by atoms with E-state index in [1.54, 1.807) is 6.20 Å². The standard InChI is InChI=1S/C20H26N4O2/c1-23(2)15-16-10-12-21-20(22-16)18-9-6-13-24(18)19(25)11-14-26-17-7-4-3-5-8-17/h3-5,7-8,10,12,18H,6,9,11,13-15H2,1-2H3/t18-/m0/s1. The molecule has 1 aromatic heterocycles. The molecule has 1 atom stereocenters. The molecule has 0 spiro atoms. The molecule has 2 aromatic rings. The van der Waals surface area contributed by atoms with Crippen molar-refractivity contribution in [1.82, 2.24) is 19.8 Å². The molecular weight excluding hydrogens is 328 g/mol. The summed E-state index contributed by atoms with van der Waals surface area (Å²) in [5.41, 5.74) is 0.978. The molecule has 1 aliphatic rings. The van der Waals surface area contributed by atoms with Gasteiger partial charge >= 0.3 is 0 Å². The van der Waals surface area contributed by atoms with Crippen LogP contribution >= 0.6 is 0 Å². The Bertz CT molecular complexity index is 721. The first-order valence-electron chi connectivity index (χ1n) is 9.07. The smallest absolute Gasteiger partial charge is 0.226 e. The fourth-order valence-corrected chi connectivity index (χ4v) is 3.24. The van der Waals surface area contributed by atoms with E-state index in [2.05, 4.69) is 14.9 Å². The molecule has 0 N–H and O–H groups in total. The van der Waals surface area contributed by atoms with Crippen molar-refractivity contribution in [2.45, 2.75) is 31.8 Å². The second kappa shape index (κ2) is 8.76. The number of likely N-dealkylation sites (tertiary alicyclic amines) is 1. The van der Waals surface area contributed by atoms with Gasteiger partial charge in [0.1, 0.15) is 5.75 Å². The Kier molecular flexibility index (Phi) is 6.17. The van der Waals surface area contributed by atoms with E-state index in [9.17, 15) is 4.79 Å². The quantitative estimate of drug-likeness (QED) is 0.765. The molecule has 2 heterocycles. The van der Waals surface area contributed by atoms with Gasteiger partial charge in [0.2, 0.25) is 5.91 Å². The fourth-order valence-electron chi connectivity index (χ4n) is 3.24. The molecule has 0 aliphatic carbocycles. The van der Waals surface area contributed by atoms with E-state index in [1.165, 1.54) is 0 Å².